The molecule has 0 atom stereocenters. The Bertz CT molecular complexity index is 621. The molecule has 0 bridgehead atoms. The largest absolute Gasteiger partial charge is 0.392 e. The van der Waals surface area contributed by atoms with Gasteiger partial charge in [-0.1, -0.05) is 0 Å². The van der Waals surface area contributed by atoms with Crippen LogP contribution in [-0.4, -0.2) is 39.2 Å². The highest BCUT2D eigenvalue weighted by Crippen LogP contribution is 2.31. The summed E-state index contributed by atoms with van der Waals surface area (Å²) in [6.45, 7) is 3.23. The third-order valence-electron chi connectivity index (χ3n) is 4.13. The van der Waals surface area contributed by atoms with Gasteiger partial charge in [-0.2, -0.15) is 0 Å². The summed E-state index contributed by atoms with van der Waals surface area (Å²) in [5.74, 6) is -0.288. The van der Waals surface area contributed by atoms with Crippen molar-refractivity contribution in [2.45, 2.75) is 20.0 Å². The number of rotatable bonds is 2. The van der Waals surface area contributed by atoms with Gasteiger partial charge in [0.05, 0.1) is 17.9 Å². The smallest absolute Gasteiger partial charge is 0.211 e. The van der Waals surface area contributed by atoms with Gasteiger partial charge >= 0.3 is 0 Å². The van der Waals surface area contributed by atoms with Crippen molar-refractivity contribution in [3.63, 3.8) is 0 Å². The van der Waals surface area contributed by atoms with Crippen LogP contribution in [0.15, 0.2) is 11.8 Å². The summed E-state index contributed by atoms with van der Waals surface area (Å²) in [4.78, 5) is 26.7. The van der Waals surface area contributed by atoms with Crippen molar-refractivity contribution in [2.24, 2.45) is 7.05 Å². The highest BCUT2D eigenvalue weighted by molar-refractivity contribution is 6.24. The number of carbonyl (C=O) groups is 2. The Balaban J connectivity index is 2.17. The first-order chi connectivity index (χ1) is 9.06. The average Bonchev–Trinajstić information content (AvgIpc) is 2.57. The second kappa shape index (κ2) is 4.06. The maximum atomic E-state index is 12.6. The van der Waals surface area contributed by atoms with Gasteiger partial charge in [0.2, 0.25) is 11.6 Å². The molecule has 2 aliphatic rings. The van der Waals surface area contributed by atoms with E-state index in [2.05, 4.69) is 0 Å². The lowest BCUT2D eigenvalue weighted by Gasteiger charge is -2.35. The zero-order valence-electron chi connectivity index (χ0n) is 11.1. The summed E-state index contributed by atoms with van der Waals surface area (Å²) in [7, 11) is 1.75. The number of likely N-dealkylation sites (tertiary alicyclic amines) is 1. The minimum Gasteiger partial charge on any atom is -0.392 e. The van der Waals surface area contributed by atoms with Crippen molar-refractivity contribution < 1.29 is 14.7 Å². The quantitative estimate of drug-likeness (QED) is 0.854. The minimum atomic E-state index is -0.221. The lowest BCUT2D eigenvalue weighted by molar-refractivity contribution is 0.0921. The predicted octanol–water partition coefficient (Wildman–Crippen LogP) is 0.794. The second-order valence-electron chi connectivity index (χ2n) is 5.07. The summed E-state index contributed by atoms with van der Waals surface area (Å²) in [6.07, 6.45) is 2.48. The van der Waals surface area contributed by atoms with Crippen LogP contribution in [0.2, 0.25) is 0 Å². The lowest BCUT2D eigenvalue weighted by Crippen LogP contribution is -2.41. The molecule has 5 nitrogen and oxygen atoms in total. The first-order valence-electron chi connectivity index (χ1n) is 6.41. The molecular formula is C14H16N2O3. The van der Waals surface area contributed by atoms with Crippen LogP contribution < -0.4 is 0 Å². The molecule has 0 aromatic carbocycles. The SMILES string of the molecule is Cc1c(CO)c2c(n1C)C(=O)C=C(N1CCC1)C2=O. The van der Waals surface area contributed by atoms with Crippen LogP contribution >= 0.6 is 0 Å². The van der Waals surface area contributed by atoms with E-state index >= 15 is 0 Å². The molecule has 0 unspecified atom stereocenters. The lowest BCUT2D eigenvalue weighted by atomic mass is 9.93. The summed E-state index contributed by atoms with van der Waals surface area (Å²) >= 11 is 0. The van der Waals surface area contributed by atoms with Crippen LogP contribution in [0.3, 0.4) is 0 Å². The van der Waals surface area contributed by atoms with Gasteiger partial charge in [-0.15, -0.1) is 0 Å². The maximum absolute atomic E-state index is 12.6. The summed E-state index contributed by atoms with van der Waals surface area (Å²) < 4.78 is 1.70. The summed E-state index contributed by atoms with van der Waals surface area (Å²) in [5.41, 5.74) is 2.60. The third-order valence-corrected chi connectivity index (χ3v) is 4.13. The number of hydrogen-bond donors (Lipinski definition) is 1. The molecule has 1 saturated heterocycles. The second-order valence-corrected chi connectivity index (χ2v) is 5.07. The number of Topliss-reactive ketones (excluding diaryl/α,β-unsaturated/α-hetero) is 1. The molecule has 0 amide bonds. The molecule has 0 saturated carbocycles. The summed E-state index contributed by atoms with van der Waals surface area (Å²) in [5, 5.41) is 9.48. The van der Waals surface area contributed by atoms with Gasteiger partial charge in [-0.05, 0) is 13.3 Å². The van der Waals surface area contributed by atoms with E-state index in [4.69, 9.17) is 0 Å². The molecule has 2 heterocycles. The highest BCUT2D eigenvalue weighted by Gasteiger charge is 2.36. The van der Waals surface area contributed by atoms with Gasteiger partial charge in [0, 0.05) is 37.5 Å². The van der Waals surface area contributed by atoms with E-state index in [1.807, 2.05) is 11.8 Å². The van der Waals surface area contributed by atoms with Gasteiger partial charge in [-0.3, -0.25) is 9.59 Å². The molecule has 1 fully saturated rings. The maximum Gasteiger partial charge on any atom is 0.211 e. The van der Waals surface area contributed by atoms with Gasteiger partial charge in [0.1, 0.15) is 5.69 Å². The number of aliphatic hydroxyl groups excluding tert-OH is 1. The number of allylic oxidation sites excluding steroid dienone is 2. The van der Waals surface area contributed by atoms with E-state index in [-0.39, 0.29) is 18.2 Å². The standard InChI is InChI=1S/C14H16N2O3/c1-8-9(7-17)12-13(15(8)2)11(18)6-10(14(12)19)16-4-3-5-16/h6,17H,3-5,7H2,1-2H3. The average molecular weight is 260 g/mol. The van der Waals surface area contributed by atoms with E-state index in [9.17, 15) is 14.7 Å². The van der Waals surface area contributed by atoms with Crippen LogP contribution in [0.5, 0.6) is 0 Å². The van der Waals surface area contributed by atoms with Crippen molar-refractivity contribution in [2.75, 3.05) is 13.1 Å². The topological polar surface area (TPSA) is 62.5 Å². The fraction of sp³-hybridized carbons (Fsp3) is 0.429. The molecule has 1 aromatic rings. The van der Waals surface area contributed by atoms with Crippen LogP contribution in [0, 0.1) is 6.92 Å². The molecule has 0 spiro atoms. The molecule has 1 aliphatic heterocycles. The van der Waals surface area contributed by atoms with E-state index < -0.39 is 0 Å². The number of carbonyl (C=O) groups excluding carboxylic acids is 2. The number of nitrogens with zero attached hydrogens (tertiary/aromatic N) is 2. The Morgan fingerprint density at radius 3 is 2.53 bits per heavy atom. The summed E-state index contributed by atoms with van der Waals surface area (Å²) in [6, 6.07) is 0. The zero-order chi connectivity index (χ0) is 13.7. The fourth-order valence-electron chi connectivity index (χ4n) is 2.77. The molecule has 1 N–H and O–H groups in total. The zero-order valence-corrected chi connectivity index (χ0v) is 11.1. The van der Waals surface area contributed by atoms with Gasteiger partial charge in [-0.25, -0.2) is 0 Å². The number of aromatic nitrogens is 1. The van der Waals surface area contributed by atoms with E-state index in [1.165, 1.54) is 6.08 Å². The molecule has 5 heteroatoms. The van der Waals surface area contributed by atoms with Crippen molar-refractivity contribution in [1.29, 1.82) is 0 Å². The van der Waals surface area contributed by atoms with Crippen molar-refractivity contribution in [1.82, 2.24) is 9.47 Å². The van der Waals surface area contributed by atoms with Crippen molar-refractivity contribution in [3.8, 4) is 0 Å². The molecule has 19 heavy (non-hydrogen) atoms. The molecule has 100 valence electrons. The Morgan fingerprint density at radius 1 is 1.32 bits per heavy atom. The van der Waals surface area contributed by atoms with E-state index in [0.717, 1.165) is 25.2 Å². The first-order valence-corrected chi connectivity index (χ1v) is 6.41. The number of fused-ring (bicyclic) bond motifs is 1. The Hall–Kier alpha value is -1.88. The van der Waals surface area contributed by atoms with E-state index in [0.29, 0.717) is 22.5 Å². The predicted molar refractivity (Wildman–Crippen MR) is 69.0 cm³/mol. The molecule has 3 rings (SSSR count). The van der Waals surface area contributed by atoms with Crippen LogP contribution in [-0.2, 0) is 13.7 Å². The highest BCUT2D eigenvalue weighted by atomic mass is 16.3. The first kappa shape index (κ1) is 12.2. The van der Waals surface area contributed by atoms with Gasteiger partial charge < -0.3 is 14.6 Å². The monoisotopic (exact) mass is 260 g/mol. The third kappa shape index (κ3) is 1.51. The van der Waals surface area contributed by atoms with E-state index in [1.54, 1.807) is 11.6 Å². The van der Waals surface area contributed by atoms with Gasteiger partial charge in [0.25, 0.3) is 0 Å². The number of aliphatic hydroxyl groups is 1. The molecule has 1 aromatic heterocycles. The molecule has 1 aliphatic carbocycles. The van der Waals surface area contributed by atoms with Crippen LogP contribution in [0.1, 0.15) is 38.5 Å². The minimum absolute atomic E-state index is 0.137. The number of ketones is 2. The number of hydrogen-bond acceptors (Lipinski definition) is 4. The Morgan fingerprint density at radius 2 is 2.00 bits per heavy atom. The Kier molecular flexibility index (Phi) is 2.60. The van der Waals surface area contributed by atoms with Crippen LogP contribution in [0.4, 0.5) is 0 Å². The normalized spacial score (nSPS) is 18.3. The van der Waals surface area contributed by atoms with Crippen molar-refractivity contribution in [3.05, 3.63) is 34.3 Å². The van der Waals surface area contributed by atoms with Gasteiger partial charge in [0.15, 0.2) is 0 Å². The Labute approximate surface area is 111 Å². The molecule has 0 radical (unpaired) electrons. The fourth-order valence-corrected chi connectivity index (χ4v) is 2.77. The van der Waals surface area contributed by atoms with Crippen molar-refractivity contribution >= 4 is 11.6 Å². The van der Waals surface area contributed by atoms with Crippen LogP contribution in [0.25, 0.3) is 0 Å². The molecular weight excluding hydrogens is 244 g/mol.